The average Bonchev–Trinajstić information content (AvgIpc) is 2.96. The lowest BCUT2D eigenvalue weighted by Crippen LogP contribution is -2.25. The maximum Gasteiger partial charge on any atom is 0.135 e. The van der Waals surface area contributed by atoms with Gasteiger partial charge in [-0.15, -0.1) is 11.3 Å². The zero-order valence-electron chi connectivity index (χ0n) is 11.8. The number of thiazole rings is 1. The number of hydrogen-bond donors (Lipinski definition) is 0. The van der Waals surface area contributed by atoms with E-state index in [-0.39, 0.29) is 16.5 Å². The summed E-state index contributed by atoms with van der Waals surface area (Å²) in [5.74, 6) is -0.949. The highest BCUT2D eigenvalue weighted by Crippen LogP contribution is 2.28. The maximum absolute atomic E-state index is 13.7. The third-order valence-corrected chi connectivity index (χ3v) is 6.38. The Morgan fingerprint density at radius 1 is 1.27 bits per heavy atom. The topological polar surface area (TPSA) is 39.2 Å². The maximum atomic E-state index is 13.7. The molecule has 3 nitrogen and oxygen atoms in total. The molecule has 1 unspecified atom stereocenters. The summed E-state index contributed by atoms with van der Waals surface area (Å²) in [6.45, 7) is 1.28. The van der Waals surface area contributed by atoms with E-state index in [0.717, 1.165) is 12.8 Å². The van der Waals surface area contributed by atoms with Crippen LogP contribution in [0.2, 0.25) is 0 Å². The second-order valence-corrected chi connectivity index (χ2v) is 7.72. The van der Waals surface area contributed by atoms with Crippen LogP contribution in [0.3, 0.4) is 0 Å². The number of aromatic nitrogens is 1. The van der Waals surface area contributed by atoms with E-state index in [1.54, 1.807) is 5.38 Å². The normalized spacial score (nSPS) is 17.5. The molecular formula is C15H15F2NO2S2. The summed E-state index contributed by atoms with van der Waals surface area (Å²) < 4.78 is 45.1. The predicted molar refractivity (Wildman–Crippen MR) is 83.2 cm³/mol. The van der Waals surface area contributed by atoms with Crippen molar-refractivity contribution in [2.24, 2.45) is 0 Å². The quantitative estimate of drug-likeness (QED) is 0.853. The van der Waals surface area contributed by atoms with Crippen LogP contribution in [0.1, 0.15) is 17.8 Å². The van der Waals surface area contributed by atoms with E-state index in [1.807, 2.05) is 0 Å². The highest BCUT2D eigenvalue weighted by Gasteiger charge is 2.22. The van der Waals surface area contributed by atoms with Crippen LogP contribution < -0.4 is 0 Å². The molecule has 1 fully saturated rings. The van der Waals surface area contributed by atoms with E-state index in [0.29, 0.717) is 24.0 Å². The Labute approximate surface area is 133 Å². The molecule has 1 aromatic carbocycles. The molecule has 3 rings (SSSR count). The largest absolute Gasteiger partial charge is 0.381 e. The van der Waals surface area contributed by atoms with Crippen LogP contribution >= 0.6 is 11.3 Å². The van der Waals surface area contributed by atoms with Crippen molar-refractivity contribution in [2.45, 2.75) is 23.8 Å². The molecule has 118 valence electrons. The number of benzene rings is 1. The minimum atomic E-state index is -1.03. The fraction of sp³-hybridized carbons (Fsp3) is 0.400. The fourth-order valence-corrected chi connectivity index (χ4v) is 4.86. The molecule has 1 aliphatic rings. The molecule has 2 heterocycles. The van der Waals surface area contributed by atoms with Gasteiger partial charge in [-0.25, -0.2) is 13.8 Å². The van der Waals surface area contributed by atoms with E-state index >= 15 is 0 Å². The third-order valence-electron chi connectivity index (χ3n) is 3.58. The predicted octanol–water partition coefficient (Wildman–Crippen LogP) is 3.52. The lowest BCUT2D eigenvalue weighted by Gasteiger charge is -2.20. The van der Waals surface area contributed by atoms with Gasteiger partial charge in [-0.05, 0) is 25.0 Å². The first kappa shape index (κ1) is 15.7. The van der Waals surface area contributed by atoms with Gasteiger partial charge in [-0.3, -0.25) is 4.21 Å². The Morgan fingerprint density at radius 2 is 1.95 bits per heavy atom. The van der Waals surface area contributed by atoms with Crippen LogP contribution in [0.4, 0.5) is 8.78 Å². The van der Waals surface area contributed by atoms with Gasteiger partial charge in [-0.1, -0.05) is 6.07 Å². The Morgan fingerprint density at radius 3 is 2.64 bits per heavy atom. The summed E-state index contributed by atoms with van der Waals surface area (Å²) in [6, 6.07) is 3.73. The van der Waals surface area contributed by atoms with Crippen molar-refractivity contribution >= 4 is 22.1 Å². The van der Waals surface area contributed by atoms with Crippen LogP contribution in [0, 0.1) is 11.6 Å². The molecule has 0 radical (unpaired) electrons. The summed E-state index contributed by atoms with van der Waals surface area (Å²) in [5, 5.41) is 2.37. The second kappa shape index (κ2) is 6.93. The first-order chi connectivity index (χ1) is 10.6. The zero-order chi connectivity index (χ0) is 15.5. The summed E-state index contributed by atoms with van der Waals surface area (Å²) in [5.41, 5.74) is 0.140. The molecule has 7 heteroatoms. The number of ether oxygens (including phenoxy) is 1. The Bertz CT molecular complexity index is 664. The van der Waals surface area contributed by atoms with Crippen molar-refractivity contribution in [1.82, 2.24) is 4.98 Å². The average molecular weight is 343 g/mol. The molecule has 0 spiro atoms. The first-order valence-corrected chi connectivity index (χ1v) is 9.25. The highest BCUT2D eigenvalue weighted by atomic mass is 32.2. The monoisotopic (exact) mass is 343 g/mol. The van der Waals surface area contributed by atoms with Gasteiger partial charge in [0.1, 0.15) is 16.6 Å². The second-order valence-electron chi connectivity index (χ2n) is 5.06. The van der Waals surface area contributed by atoms with Gasteiger partial charge >= 0.3 is 0 Å². The van der Waals surface area contributed by atoms with Crippen molar-refractivity contribution in [3.8, 4) is 11.3 Å². The van der Waals surface area contributed by atoms with E-state index in [9.17, 15) is 13.0 Å². The van der Waals surface area contributed by atoms with E-state index in [1.165, 1.54) is 29.5 Å². The van der Waals surface area contributed by atoms with E-state index in [4.69, 9.17) is 4.74 Å². The van der Waals surface area contributed by atoms with Gasteiger partial charge in [-0.2, -0.15) is 0 Å². The molecule has 1 aliphatic heterocycles. The van der Waals surface area contributed by atoms with Crippen molar-refractivity contribution in [3.63, 3.8) is 0 Å². The highest BCUT2D eigenvalue weighted by molar-refractivity contribution is 7.85. The molecule has 22 heavy (non-hydrogen) atoms. The SMILES string of the molecule is O=S(Cc1nc(-c2c(F)cccc2F)cs1)C1CCOCC1. The van der Waals surface area contributed by atoms with E-state index in [2.05, 4.69) is 4.98 Å². The number of halogens is 2. The van der Waals surface area contributed by atoms with Crippen LogP contribution in [0.15, 0.2) is 23.6 Å². The Hall–Kier alpha value is -1.18. The Balaban J connectivity index is 1.75. The van der Waals surface area contributed by atoms with Crippen LogP contribution in [0.25, 0.3) is 11.3 Å². The van der Waals surface area contributed by atoms with Crippen molar-refractivity contribution in [1.29, 1.82) is 0 Å². The molecule has 1 atom stereocenters. The molecule has 0 amide bonds. The molecule has 0 aliphatic carbocycles. The van der Waals surface area contributed by atoms with Crippen LogP contribution in [-0.2, 0) is 21.3 Å². The van der Waals surface area contributed by atoms with Gasteiger partial charge in [0.15, 0.2) is 0 Å². The number of nitrogens with zero attached hydrogens (tertiary/aromatic N) is 1. The lowest BCUT2D eigenvalue weighted by molar-refractivity contribution is 0.0992. The van der Waals surface area contributed by atoms with Gasteiger partial charge in [0.2, 0.25) is 0 Å². The third kappa shape index (κ3) is 3.42. The first-order valence-electron chi connectivity index (χ1n) is 6.99. The fourth-order valence-electron chi connectivity index (χ4n) is 2.41. The van der Waals surface area contributed by atoms with Crippen molar-refractivity contribution < 1.29 is 17.7 Å². The van der Waals surface area contributed by atoms with Gasteiger partial charge in [0.25, 0.3) is 0 Å². The Kier molecular flexibility index (Phi) is 4.95. The molecular weight excluding hydrogens is 328 g/mol. The molecule has 0 N–H and O–H groups in total. The van der Waals surface area contributed by atoms with Crippen LogP contribution in [-0.4, -0.2) is 27.7 Å². The minimum Gasteiger partial charge on any atom is -0.381 e. The molecule has 1 aromatic heterocycles. The summed E-state index contributed by atoms with van der Waals surface area (Å²) in [4.78, 5) is 4.25. The molecule has 0 bridgehead atoms. The minimum absolute atomic E-state index is 0.117. The smallest absolute Gasteiger partial charge is 0.135 e. The number of rotatable bonds is 4. The summed E-state index contributed by atoms with van der Waals surface area (Å²) >= 11 is 1.29. The van der Waals surface area contributed by atoms with Gasteiger partial charge in [0, 0.05) is 34.6 Å². The number of hydrogen-bond acceptors (Lipinski definition) is 4. The molecule has 2 aromatic rings. The molecule has 1 saturated heterocycles. The lowest BCUT2D eigenvalue weighted by atomic mass is 10.1. The van der Waals surface area contributed by atoms with Crippen molar-refractivity contribution in [3.05, 3.63) is 40.2 Å². The zero-order valence-corrected chi connectivity index (χ0v) is 13.4. The van der Waals surface area contributed by atoms with Gasteiger partial charge < -0.3 is 4.74 Å². The van der Waals surface area contributed by atoms with Crippen molar-refractivity contribution in [2.75, 3.05) is 13.2 Å². The van der Waals surface area contributed by atoms with E-state index < -0.39 is 22.4 Å². The summed E-state index contributed by atoms with van der Waals surface area (Å²) in [7, 11) is -1.03. The molecule has 0 saturated carbocycles. The van der Waals surface area contributed by atoms with Crippen LogP contribution in [0.5, 0.6) is 0 Å². The standard InChI is InChI=1S/C15H15F2NO2S2/c16-11-2-1-3-12(17)15(11)13-8-21-14(18-13)9-22(19)10-4-6-20-7-5-10/h1-3,8,10H,4-7,9H2. The van der Waals surface area contributed by atoms with Gasteiger partial charge in [0.05, 0.1) is 17.0 Å². The summed E-state index contributed by atoms with van der Waals surface area (Å²) in [6.07, 6.45) is 1.57.